The Labute approximate surface area is 183 Å². The molecular weight excluding hydrogens is 388 g/mol. The number of hydrogen-bond acceptors (Lipinski definition) is 5. The van der Waals surface area contributed by atoms with E-state index in [9.17, 15) is 4.79 Å². The molecule has 2 unspecified atom stereocenters. The third kappa shape index (κ3) is 4.53. The molecule has 6 heteroatoms. The fourth-order valence-electron chi connectivity index (χ4n) is 4.29. The predicted octanol–water partition coefficient (Wildman–Crippen LogP) is 5.01. The highest BCUT2D eigenvalue weighted by atomic mass is 16.5. The minimum absolute atomic E-state index is 0.0298. The average molecular weight is 419 g/mol. The second kappa shape index (κ2) is 9.00. The zero-order chi connectivity index (χ0) is 22.0. The van der Waals surface area contributed by atoms with Crippen molar-refractivity contribution in [3.05, 3.63) is 77.2 Å². The Balaban J connectivity index is 1.48. The van der Waals surface area contributed by atoms with Crippen LogP contribution >= 0.6 is 0 Å². The van der Waals surface area contributed by atoms with Crippen molar-refractivity contribution in [2.24, 2.45) is 5.92 Å². The number of nitrogens with zero attached hydrogens (tertiary/aromatic N) is 4. The molecule has 0 saturated carbocycles. The summed E-state index contributed by atoms with van der Waals surface area (Å²) in [5.74, 6) is 2.34. The Bertz CT molecular complexity index is 1010. The number of hydrogen-bond donors (Lipinski definition) is 0. The van der Waals surface area contributed by atoms with Crippen molar-refractivity contribution in [3.8, 4) is 0 Å². The number of aromatic nitrogens is 3. The standard InChI is InChI=1S/C25H30N4O2/c1-16(2)22(23-27-24(17(3)4)31-28-23)18-7-9-19(10-8-18)25(30)29-13-11-21(15-29)20-6-5-12-26-14-20/h5-10,12,14,16-17,21-22H,11,13,15H2,1-4H3. The van der Waals surface area contributed by atoms with Crippen LogP contribution in [-0.4, -0.2) is 39.0 Å². The van der Waals surface area contributed by atoms with Crippen molar-refractivity contribution in [2.45, 2.75) is 51.9 Å². The van der Waals surface area contributed by atoms with Gasteiger partial charge in [-0.1, -0.05) is 51.1 Å². The van der Waals surface area contributed by atoms with Crippen LogP contribution in [0.5, 0.6) is 0 Å². The maximum Gasteiger partial charge on any atom is 0.253 e. The monoisotopic (exact) mass is 418 g/mol. The second-order valence-corrected chi connectivity index (χ2v) is 9.01. The van der Waals surface area contributed by atoms with Crippen LogP contribution in [0.25, 0.3) is 0 Å². The fourth-order valence-corrected chi connectivity index (χ4v) is 4.29. The zero-order valence-corrected chi connectivity index (χ0v) is 18.7. The largest absolute Gasteiger partial charge is 0.339 e. The molecule has 0 spiro atoms. The minimum Gasteiger partial charge on any atom is -0.339 e. The lowest BCUT2D eigenvalue weighted by molar-refractivity contribution is 0.0790. The lowest BCUT2D eigenvalue weighted by Crippen LogP contribution is -2.28. The van der Waals surface area contributed by atoms with E-state index in [1.165, 1.54) is 5.56 Å². The van der Waals surface area contributed by atoms with Gasteiger partial charge in [0, 0.05) is 48.8 Å². The van der Waals surface area contributed by atoms with Gasteiger partial charge in [-0.3, -0.25) is 9.78 Å². The molecule has 2 atom stereocenters. The van der Waals surface area contributed by atoms with E-state index in [1.807, 2.05) is 55.3 Å². The molecule has 1 aliphatic heterocycles. The Kier molecular flexibility index (Phi) is 6.16. The lowest BCUT2D eigenvalue weighted by atomic mass is 9.87. The molecule has 1 aliphatic rings. The molecule has 0 aliphatic carbocycles. The van der Waals surface area contributed by atoms with Gasteiger partial charge >= 0.3 is 0 Å². The third-order valence-electron chi connectivity index (χ3n) is 6.04. The number of rotatable bonds is 6. The Morgan fingerprint density at radius 2 is 1.90 bits per heavy atom. The van der Waals surface area contributed by atoms with E-state index in [-0.39, 0.29) is 17.7 Å². The molecule has 0 bridgehead atoms. The average Bonchev–Trinajstić information content (AvgIpc) is 3.45. The van der Waals surface area contributed by atoms with E-state index < -0.39 is 0 Å². The van der Waals surface area contributed by atoms with Gasteiger partial charge in [-0.2, -0.15) is 4.98 Å². The van der Waals surface area contributed by atoms with Crippen LogP contribution in [0.3, 0.4) is 0 Å². The van der Waals surface area contributed by atoms with Crippen molar-refractivity contribution in [3.63, 3.8) is 0 Å². The summed E-state index contributed by atoms with van der Waals surface area (Å²) in [6.45, 7) is 9.89. The van der Waals surface area contributed by atoms with Crippen LogP contribution in [0, 0.1) is 5.92 Å². The minimum atomic E-state index is 0.0298. The van der Waals surface area contributed by atoms with Gasteiger partial charge < -0.3 is 9.42 Å². The number of benzene rings is 1. The van der Waals surface area contributed by atoms with Crippen LogP contribution in [-0.2, 0) is 0 Å². The van der Waals surface area contributed by atoms with Crippen molar-refractivity contribution < 1.29 is 9.32 Å². The zero-order valence-electron chi connectivity index (χ0n) is 18.7. The van der Waals surface area contributed by atoms with Crippen LogP contribution in [0.2, 0.25) is 0 Å². The molecule has 31 heavy (non-hydrogen) atoms. The van der Waals surface area contributed by atoms with Crippen LogP contribution in [0.15, 0.2) is 53.3 Å². The number of pyridine rings is 1. The summed E-state index contributed by atoms with van der Waals surface area (Å²) >= 11 is 0. The molecule has 4 rings (SSSR count). The normalized spacial score (nSPS) is 17.5. The van der Waals surface area contributed by atoms with Crippen molar-refractivity contribution in [2.75, 3.05) is 13.1 Å². The van der Waals surface area contributed by atoms with Crippen molar-refractivity contribution in [1.82, 2.24) is 20.0 Å². The first-order valence-corrected chi connectivity index (χ1v) is 11.1. The second-order valence-electron chi connectivity index (χ2n) is 9.01. The summed E-state index contributed by atoms with van der Waals surface area (Å²) in [6.07, 6.45) is 4.66. The number of carbonyl (C=O) groups excluding carboxylic acids is 1. The molecule has 1 fully saturated rings. The third-order valence-corrected chi connectivity index (χ3v) is 6.04. The maximum atomic E-state index is 13.1. The van der Waals surface area contributed by atoms with Gasteiger partial charge in [0.1, 0.15) is 0 Å². The Morgan fingerprint density at radius 1 is 1.13 bits per heavy atom. The molecular formula is C25H30N4O2. The fraction of sp³-hybridized carbons (Fsp3) is 0.440. The number of likely N-dealkylation sites (tertiary alicyclic amines) is 1. The molecule has 3 aromatic rings. The first-order chi connectivity index (χ1) is 14.9. The molecule has 1 saturated heterocycles. The van der Waals surface area contributed by atoms with E-state index in [0.29, 0.717) is 29.1 Å². The molecule has 1 amide bonds. The molecule has 0 radical (unpaired) electrons. The van der Waals surface area contributed by atoms with Gasteiger partial charge in [0.05, 0.1) is 0 Å². The highest BCUT2D eigenvalue weighted by Gasteiger charge is 2.29. The van der Waals surface area contributed by atoms with Gasteiger partial charge in [-0.05, 0) is 41.7 Å². The highest BCUT2D eigenvalue weighted by molar-refractivity contribution is 5.94. The van der Waals surface area contributed by atoms with E-state index in [0.717, 1.165) is 25.1 Å². The first-order valence-electron chi connectivity index (χ1n) is 11.1. The number of carbonyl (C=O) groups is 1. The quantitative estimate of drug-likeness (QED) is 0.563. The summed E-state index contributed by atoms with van der Waals surface area (Å²) in [7, 11) is 0. The van der Waals surface area contributed by atoms with E-state index >= 15 is 0 Å². The summed E-state index contributed by atoms with van der Waals surface area (Å²) in [5.41, 5.74) is 3.01. The molecule has 1 aromatic carbocycles. The molecule has 6 nitrogen and oxygen atoms in total. The van der Waals surface area contributed by atoms with Gasteiger partial charge in [0.2, 0.25) is 5.89 Å². The Hall–Kier alpha value is -3.02. The molecule has 3 heterocycles. The van der Waals surface area contributed by atoms with E-state index in [1.54, 1.807) is 6.20 Å². The van der Waals surface area contributed by atoms with Crippen LogP contribution in [0.4, 0.5) is 0 Å². The topological polar surface area (TPSA) is 72.1 Å². The van der Waals surface area contributed by atoms with Gasteiger partial charge in [0.25, 0.3) is 5.91 Å². The smallest absolute Gasteiger partial charge is 0.253 e. The van der Waals surface area contributed by atoms with E-state index in [2.05, 4.69) is 35.0 Å². The van der Waals surface area contributed by atoms with Crippen molar-refractivity contribution in [1.29, 1.82) is 0 Å². The summed E-state index contributed by atoms with van der Waals surface area (Å²) in [5, 5.41) is 4.23. The molecule has 162 valence electrons. The maximum absolute atomic E-state index is 13.1. The van der Waals surface area contributed by atoms with Gasteiger partial charge in [-0.25, -0.2) is 0 Å². The first kappa shape index (κ1) is 21.2. The number of amides is 1. The SMILES string of the molecule is CC(C)c1nc(C(c2ccc(C(=O)N3CCC(c4cccnc4)C3)cc2)C(C)C)no1. The summed E-state index contributed by atoms with van der Waals surface area (Å²) < 4.78 is 5.43. The van der Waals surface area contributed by atoms with Crippen LogP contribution < -0.4 is 0 Å². The van der Waals surface area contributed by atoms with Gasteiger partial charge in [-0.15, -0.1) is 0 Å². The predicted molar refractivity (Wildman–Crippen MR) is 119 cm³/mol. The summed E-state index contributed by atoms with van der Waals surface area (Å²) in [6, 6.07) is 11.9. The highest BCUT2D eigenvalue weighted by Crippen LogP contribution is 2.32. The Morgan fingerprint density at radius 3 is 2.52 bits per heavy atom. The molecule has 0 N–H and O–H groups in total. The van der Waals surface area contributed by atoms with Crippen molar-refractivity contribution >= 4 is 5.91 Å². The summed E-state index contributed by atoms with van der Waals surface area (Å²) in [4.78, 5) is 23.8. The lowest BCUT2D eigenvalue weighted by Gasteiger charge is -2.19. The van der Waals surface area contributed by atoms with Crippen LogP contribution in [0.1, 0.15) is 85.1 Å². The van der Waals surface area contributed by atoms with E-state index in [4.69, 9.17) is 4.52 Å². The molecule has 2 aromatic heterocycles. The van der Waals surface area contributed by atoms with Gasteiger partial charge in [0.15, 0.2) is 5.82 Å².